The van der Waals surface area contributed by atoms with Crippen LogP contribution in [0.1, 0.15) is 22.8 Å². The maximum absolute atomic E-state index is 11.1. The summed E-state index contributed by atoms with van der Waals surface area (Å²) in [4.78, 5) is 23.6. The van der Waals surface area contributed by atoms with Crippen LogP contribution in [-0.2, 0) is 4.84 Å². The van der Waals surface area contributed by atoms with Crippen molar-refractivity contribution in [2.75, 3.05) is 18.2 Å². The highest BCUT2D eigenvalue weighted by atomic mass is 16.6. The third-order valence-electron chi connectivity index (χ3n) is 2.80. The van der Waals surface area contributed by atoms with Crippen molar-refractivity contribution in [2.45, 2.75) is 6.92 Å². The van der Waals surface area contributed by atoms with Gasteiger partial charge in [0, 0.05) is 11.3 Å². The molecule has 21 heavy (non-hydrogen) atoms. The second kappa shape index (κ2) is 6.47. The lowest BCUT2D eigenvalue weighted by Crippen LogP contribution is -2.05. The summed E-state index contributed by atoms with van der Waals surface area (Å²) < 4.78 is 0. The van der Waals surface area contributed by atoms with Crippen molar-refractivity contribution in [1.29, 1.82) is 0 Å². The topological polar surface area (TPSA) is 102 Å². The summed E-state index contributed by atoms with van der Waals surface area (Å²) in [7, 11) is 1.49. The summed E-state index contributed by atoms with van der Waals surface area (Å²) >= 11 is 0. The van der Waals surface area contributed by atoms with E-state index in [1.165, 1.54) is 13.4 Å². The normalized spacial score (nSPS) is 11.0. The molecule has 0 spiro atoms. The van der Waals surface area contributed by atoms with Gasteiger partial charge in [-0.3, -0.25) is 4.79 Å². The number of aldehydes is 1. The van der Waals surface area contributed by atoms with Gasteiger partial charge in [0.1, 0.15) is 25.1 Å². The maximum atomic E-state index is 11.1. The Bertz CT molecular complexity index is 685. The number of benzene rings is 1. The first-order valence-electron chi connectivity index (χ1n) is 6.16. The predicted octanol–water partition coefficient (Wildman–Crippen LogP) is 1.99. The Morgan fingerprint density at radius 1 is 1.43 bits per heavy atom. The van der Waals surface area contributed by atoms with Gasteiger partial charge >= 0.3 is 0 Å². The highest BCUT2D eigenvalue weighted by Gasteiger charge is 2.09. The van der Waals surface area contributed by atoms with Gasteiger partial charge in [0.15, 0.2) is 6.29 Å². The fourth-order valence-electron chi connectivity index (χ4n) is 1.77. The molecule has 1 aromatic heterocycles. The van der Waals surface area contributed by atoms with Crippen molar-refractivity contribution >= 4 is 29.3 Å². The number of nitrogens with two attached hydrogens (primary N) is 1. The number of nitrogens with one attached hydrogen (secondary N) is 1. The van der Waals surface area contributed by atoms with E-state index >= 15 is 0 Å². The molecule has 1 aromatic carbocycles. The first kappa shape index (κ1) is 14.4. The zero-order chi connectivity index (χ0) is 15.2. The number of hydrogen-bond acceptors (Lipinski definition) is 7. The third-order valence-corrected chi connectivity index (χ3v) is 2.80. The predicted molar refractivity (Wildman–Crippen MR) is 80.8 cm³/mol. The molecule has 0 bridgehead atoms. The Balaban J connectivity index is 2.33. The number of aromatic nitrogens is 2. The van der Waals surface area contributed by atoms with Crippen molar-refractivity contribution in [3.05, 3.63) is 41.7 Å². The van der Waals surface area contributed by atoms with E-state index < -0.39 is 0 Å². The maximum Gasteiger partial charge on any atom is 0.157 e. The van der Waals surface area contributed by atoms with Crippen LogP contribution in [0.4, 0.5) is 17.3 Å². The number of hydrogen-bond donors (Lipinski definition) is 2. The molecule has 0 saturated heterocycles. The Morgan fingerprint density at radius 3 is 2.95 bits per heavy atom. The summed E-state index contributed by atoms with van der Waals surface area (Å²) in [5.41, 5.74) is 8.24. The van der Waals surface area contributed by atoms with Crippen LogP contribution in [0.5, 0.6) is 0 Å². The first-order chi connectivity index (χ1) is 10.2. The van der Waals surface area contributed by atoms with Crippen molar-refractivity contribution in [3.8, 4) is 0 Å². The minimum atomic E-state index is 0.135. The van der Waals surface area contributed by atoms with Crippen molar-refractivity contribution < 1.29 is 9.63 Å². The average molecular weight is 285 g/mol. The molecule has 1 heterocycles. The van der Waals surface area contributed by atoms with Crippen LogP contribution >= 0.6 is 0 Å². The van der Waals surface area contributed by atoms with Gasteiger partial charge in [0.25, 0.3) is 0 Å². The molecule has 0 atom stereocenters. The zero-order valence-electron chi connectivity index (χ0n) is 11.7. The van der Waals surface area contributed by atoms with Crippen LogP contribution in [0.15, 0.2) is 35.7 Å². The quantitative estimate of drug-likeness (QED) is 0.494. The van der Waals surface area contributed by atoms with Gasteiger partial charge in [0.2, 0.25) is 0 Å². The Labute approximate surface area is 121 Å². The van der Waals surface area contributed by atoms with Crippen LogP contribution in [0.2, 0.25) is 0 Å². The van der Waals surface area contributed by atoms with Gasteiger partial charge in [-0.05, 0) is 19.1 Å². The highest BCUT2D eigenvalue weighted by Crippen LogP contribution is 2.21. The number of rotatable bonds is 5. The average Bonchev–Trinajstić information content (AvgIpc) is 2.48. The van der Waals surface area contributed by atoms with Crippen LogP contribution in [0.3, 0.4) is 0 Å². The minimum absolute atomic E-state index is 0.135. The van der Waals surface area contributed by atoms with Crippen LogP contribution < -0.4 is 11.1 Å². The van der Waals surface area contributed by atoms with Gasteiger partial charge < -0.3 is 15.9 Å². The summed E-state index contributed by atoms with van der Waals surface area (Å²) in [5.74, 6) is 0.492. The summed E-state index contributed by atoms with van der Waals surface area (Å²) in [5, 5.41) is 6.92. The van der Waals surface area contributed by atoms with E-state index in [1.54, 1.807) is 0 Å². The lowest BCUT2D eigenvalue weighted by molar-refractivity contribution is 0.112. The van der Waals surface area contributed by atoms with Gasteiger partial charge in [-0.25, -0.2) is 9.97 Å². The molecule has 2 aromatic rings. The van der Waals surface area contributed by atoms with Gasteiger partial charge in [0.05, 0.1) is 11.3 Å². The monoisotopic (exact) mass is 285 g/mol. The van der Waals surface area contributed by atoms with E-state index in [-0.39, 0.29) is 11.4 Å². The standard InChI is InChI=1S/C14H15N5O2/c1-9(19-21-2)10-4-3-5-11(6-10)18-14-12(7-20)13(15)16-8-17-14/h3-8H,1-2H3,(H3,15,16,17,18). The molecule has 0 radical (unpaired) electrons. The van der Waals surface area contributed by atoms with Crippen molar-refractivity contribution in [2.24, 2.45) is 5.16 Å². The lowest BCUT2D eigenvalue weighted by atomic mass is 10.1. The second-order valence-corrected chi connectivity index (χ2v) is 4.20. The summed E-state index contributed by atoms with van der Waals surface area (Å²) in [6, 6.07) is 7.47. The minimum Gasteiger partial charge on any atom is -0.399 e. The first-order valence-corrected chi connectivity index (χ1v) is 6.16. The van der Waals surface area contributed by atoms with Gasteiger partial charge in [-0.2, -0.15) is 0 Å². The van der Waals surface area contributed by atoms with E-state index in [0.29, 0.717) is 12.1 Å². The molecule has 7 nitrogen and oxygen atoms in total. The van der Waals surface area contributed by atoms with E-state index in [1.807, 2.05) is 31.2 Å². The molecule has 0 aliphatic carbocycles. The van der Waals surface area contributed by atoms with Crippen LogP contribution in [0, 0.1) is 0 Å². The van der Waals surface area contributed by atoms with Crippen LogP contribution in [-0.4, -0.2) is 29.1 Å². The number of oxime groups is 1. The van der Waals surface area contributed by atoms with E-state index in [9.17, 15) is 4.79 Å². The number of carbonyl (C=O) groups is 1. The molecule has 0 unspecified atom stereocenters. The molecule has 2 rings (SSSR count). The van der Waals surface area contributed by atoms with Crippen LogP contribution in [0.25, 0.3) is 0 Å². The van der Waals surface area contributed by atoms with Gasteiger partial charge in [-0.1, -0.05) is 17.3 Å². The lowest BCUT2D eigenvalue weighted by Gasteiger charge is -2.10. The fraction of sp³-hybridized carbons (Fsp3) is 0.143. The number of nitrogen functional groups attached to an aromatic ring is 1. The zero-order valence-corrected chi connectivity index (χ0v) is 11.7. The Hall–Kier alpha value is -2.96. The Morgan fingerprint density at radius 2 is 2.24 bits per heavy atom. The molecule has 0 saturated carbocycles. The smallest absolute Gasteiger partial charge is 0.157 e. The SMILES string of the molecule is CON=C(C)c1cccc(Nc2ncnc(N)c2C=O)c1. The number of carbonyl (C=O) groups excluding carboxylic acids is 1. The fourth-order valence-corrected chi connectivity index (χ4v) is 1.77. The molecule has 0 aliphatic heterocycles. The summed E-state index contributed by atoms with van der Waals surface area (Å²) in [6.07, 6.45) is 1.92. The molecule has 0 amide bonds. The summed E-state index contributed by atoms with van der Waals surface area (Å²) in [6.45, 7) is 1.84. The largest absolute Gasteiger partial charge is 0.399 e. The molecule has 7 heteroatoms. The molecule has 108 valence electrons. The third kappa shape index (κ3) is 3.33. The Kier molecular flexibility index (Phi) is 4.45. The molecular formula is C14H15N5O2. The molecular weight excluding hydrogens is 270 g/mol. The van der Waals surface area contributed by atoms with E-state index in [2.05, 4.69) is 20.4 Å². The van der Waals surface area contributed by atoms with Gasteiger partial charge in [-0.15, -0.1) is 0 Å². The molecule has 0 fully saturated rings. The van der Waals surface area contributed by atoms with E-state index in [0.717, 1.165) is 17.0 Å². The second-order valence-electron chi connectivity index (χ2n) is 4.20. The molecule has 0 aliphatic rings. The number of anilines is 3. The van der Waals surface area contributed by atoms with Crippen molar-refractivity contribution in [3.63, 3.8) is 0 Å². The molecule has 3 N–H and O–H groups in total. The van der Waals surface area contributed by atoms with Crippen molar-refractivity contribution in [1.82, 2.24) is 9.97 Å². The van der Waals surface area contributed by atoms with E-state index in [4.69, 9.17) is 10.6 Å². The number of nitrogens with zero attached hydrogens (tertiary/aromatic N) is 3. The highest BCUT2D eigenvalue weighted by molar-refractivity contribution is 5.99.